The molecular formula is C14H23N3O4. The summed E-state index contributed by atoms with van der Waals surface area (Å²) >= 11 is 0. The summed E-state index contributed by atoms with van der Waals surface area (Å²) in [6.45, 7) is 5.88. The first kappa shape index (κ1) is 17.2. The summed E-state index contributed by atoms with van der Waals surface area (Å²) in [7, 11) is 3.00. The van der Waals surface area contributed by atoms with Gasteiger partial charge in [-0.3, -0.25) is 4.79 Å². The monoisotopic (exact) mass is 297 g/mol. The average Bonchev–Trinajstić information content (AvgIpc) is 2.46. The fraction of sp³-hybridized carbons (Fsp3) is 0.643. The zero-order chi connectivity index (χ0) is 15.7. The molecular weight excluding hydrogens is 274 g/mol. The van der Waals surface area contributed by atoms with Gasteiger partial charge in [-0.05, 0) is 13.8 Å². The molecule has 1 heterocycles. The summed E-state index contributed by atoms with van der Waals surface area (Å²) < 4.78 is 15.2. The zero-order valence-electron chi connectivity index (χ0n) is 13.1. The van der Waals surface area contributed by atoms with E-state index in [1.165, 1.54) is 7.11 Å². The highest BCUT2D eigenvalue weighted by molar-refractivity contribution is 5.69. The fourth-order valence-electron chi connectivity index (χ4n) is 1.73. The molecule has 0 unspecified atom stereocenters. The molecule has 118 valence electrons. The van der Waals surface area contributed by atoms with Crippen molar-refractivity contribution in [3.05, 3.63) is 11.8 Å². The number of aromatic nitrogens is 2. The van der Waals surface area contributed by atoms with E-state index in [4.69, 9.17) is 9.47 Å². The van der Waals surface area contributed by atoms with Crippen LogP contribution in [0.1, 0.15) is 19.0 Å². The van der Waals surface area contributed by atoms with Crippen LogP contribution in [0.4, 0.5) is 5.95 Å². The number of aryl methyl sites for hydroxylation is 1. The molecule has 7 nitrogen and oxygen atoms in total. The van der Waals surface area contributed by atoms with Crippen molar-refractivity contribution in [3.8, 4) is 5.88 Å². The summed E-state index contributed by atoms with van der Waals surface area (Å²) in [6.07, 6.45) is 0.265. The van der Waals surface area contributed by atoms with Crippen LogP contribution in [0, 0.1) is 6.92 Å². The van der Waals surface area contributed by atoms with E-state index in [9.17, 15) is 4.79 Å². The van der Waals surface area contributed by atoms with Gasteiger partial charge in [-0.15, -0.1) is 0 Å². The number of nitrogens with zero attached hydrogens (tertiary/aromatic N) is 3. The maximum atomic E-state index is 11.3. The number of anilines is 1. The minimum Gasteiger partial charge on any atom is -0.478 e. The minimum absolute atomic E-state index is 0.265. The van der Waals surface area contributed by atoms with E-state index in [1.54, 1.807) is 13.2 Å². The third-order valence-electron chi connectivity index (χ3n) is 2.77. The van der Waals surface area contributed by atoms with Gasteiger partial charge in [0, 0.05) is 32.0 Å². The fourth-order valence-corrected chi connectivity index (χ4v) is 1.73. The van der Waals surface area contributed by atoms with Gasteiger partial charge in [0.25, 0.3) is 0 Å². The molecule has 1 rings (SSSR count). The average molecular weight is 297 g/mol. The molecule has 7 heteroatoms. The third-order valence-corrected chi connectivity index (χ3v) is 2.77. The molecule has 0 saturated heterocycles. The largest absolute Gasteiger partial charge is 0.478 e. The van der Waals surface area contributed by atoms with Gasteiger partial charge in [-0.1, -0.05) is 0 Å². The Balaban J connectivity index is 2.87. The summed E-state index contributed by atoms with van der Waals surface area (Å²) in [5.74, 6) is 0.787. The smallest absolute Gasteiger partial charge is 0.307 e. The van der Waals surface area contributed by atoms with E-state index < -0.39 is 0 Å². The number of carbonyl (C=O) groups excluding carboxylic acids is 1. The SMILES string of the molecule is CCOc1cc(C)nc(N(CCOC)CCC(=O)OC)n1. The normalized spacial score (nSPS) is 10.3. The summed E-state index contributed by atoms with van der Waals surface area (Å²) in [5.41, 5.74) is 0.809. The predicted octanol–water partition coefficient (Wildman–Crippen LogP) is 1.20. The van der Waals surface area contributed by atoms with Crippen LogP contribution >= 0.6 is 0 Å². The van der Waals surface area contributed by atoms with Crippen LogP contribution in [-0.4, -0.2) is 56.5 Å². The molecule has 0 bridgehead atoms. The number of methoxy groups -OCH3 is 2. The molecule has 0 saturated carbocycles. The van der Waals surface area contributed by atoms with Crippen LogP contribution in [0.15, 0.2) is 6.07 Å². The van der Waals surface area contributed by atoms with Gasteiger partial charge in [-0.2, -0.15) is 4.98 Å². The lowest BCUT2D eigenvalue weighted by molar-refractivity contribution is -0.140. The Hall–Kier alpha value is -1.89. The van der Waals surface area contributed by atoms with Crippen molar-refractivity contribution < 1.29 is 19.0 Å². The van der Waals surface area contributed by atoms with Gasteiger partial charge < -0.3 is 19.1 Å². The Labute approximate surface area is 125 Å². The van der Waals surface area contributed by atoms with Crippen LogP contribution in [0.5, 0.6) is 5.88 Å². The first-order chi connectivity index (χ1) is 10.1. The number of esters is 1. The molecule has 1 aromatic heterocycles. The lowest BCUT2D eigenvalue weighted by Gasteiger charge is -2.22. The van der Waals surface area contributed by atoms with Gasteiger partial charge in [0.15, 0.2) is 0 Å². The molecule has 0 spiro atoms. The molecule has 0 fully saturated rings. The molecule has 0 N–H and O–H groups in total. The van der Waals surface area contributed by atoms with Crippen LogP contribution < -0.4 is 9.64 Å². The molecule has 21 heavy (non-hydrogen) atoms. The van der Waals surface area contributed by atoms with Gasteiger partial charge in [0.1, 0.15) is 0 Å². The lowest BCUT2D eigenvalue weighted by atomic mass is 10.3. The molecule has 0 aliphatic carbocycles. The first-order valence-electron chi connectivity index (χ1n) is 6.89. The maximum absolute atomic E-state index is 11.3. The van der Waals surface area contributed by atoms with Gasteiger partial charge in [0.2, 0.25) is 11.8 Å². The summed E-state index contributed by atoms with van der Waals surface area (Å²) in [4.78, 5) is 22.0. The van der Waals surface area contributed by atoms with E-state index in [2.05, 4.69) is 14.7 Å². The second kappa shape index (κ2) is 9.12. The molecule has 0 radical (unpaired) electrons. The van der Waals surface area contributed by atoms with Crippen LogP contribution in [-0.2, 0) is 14.3 Å². The van der Waals surface area contributed by atoms with Crippen molar-refractivity contribution in [1.29, 1.82) is 0 Å². The Morgan fingerprint density at radius 3 is 2.67 bits per heavy atom. The molecule has 0 aliphatic heterocycles. The Morgan fingerprint density at radius 2 is 2.05 bits per heavy atom. The molecule has 0 atom stereocenters. The van der Waals surface area contributed by atoms with E-state index in [0.29, 0.717) is 38.1 Å². The Morgan fingerprint density at radius 1 is 1.29 bits per heavy atom. The quantitative estimate of drug-likeness (QED) is 0.634. The van der Waals surface area contributed by atoms with Gasteiger partial charge in [0.05, 0.1) is 26.7 Å². The number of hydrogen-bond donors (Lipinski definition) is 0. The van der Waals surface area contributed by atoms with Crippen molar-refractivity contribution in [2.24, 2.45) is 0 Å². The van der Waals surface area contributed by atoms with Crippen molar-refractivity contribution >= 4 is 11.9 Å². The van der Waals surface area contributed by atoms with Gasteiger partial charge >= 0.3 is 5.97 Å². The van der Waals surface area contributed by atoms with Crippen molar-refractivity contribution in [2.75, 3.05) is 45.4 Å². The van der Waals surface area contributed by atoms with E-state index in [1.807, 2.05) is 18.7 Å². The van der Waals surface area contributed by atoms with E-state index in [-0.39, 0.29) is 12.4 Å². The molecule has 0 aromatic carbocycles. The Bertz CT molecular complexity index is 454. The second-order valence-electron chi connectivity index (χ2n) is 4.39. The highest BCUT2D eigenvalue weighted by Crippen LogP contribution is 2.16. The minimum atomic E-state index is -0.268. The number of ether oxygens (including phenoxy) is 3. The van der Waals surface area contributed by atoms with E-state index >= 15 is 0 Å². The number of carbonyl (C=O) groups is 1. The standard InChI is InChI=1S/C14H23N3O4/c1-5-21-12-10-11(2)15-14(16-12)17(8-9-19-3)7-6-13(18)20-4/h10H,5-9H2,1-4H3. The molecule has 0 amide bonds. The number of hydrogen-bond acceptors (Lipinski definition) is 7. The van der Waals surface area contributed by atoms with Crippen molar-refractivity contribution in [3.63, 3.8) is 0 Å². The topological polar surface area (TPSA) is 73.8 Å². The summed E-state index contributed by atoms with van der Waals surface area (Å²) in [6, 6.07) is 1.78. The highest BCUT2D eigenvalue weighted by atomic mass is 16.5. The molecule has 0 aliphatic rings. The number of rotatable bonds is 9. The summed E-state index contributed by atoms with van der Waals surface area (Å²) in [5, 5.41) is 0. The first-order valence-corrected chi connectivity index (χ1v) is 6.89. The lowest BCUT2D eigenvalue weighted by Crippen LogP contribution is -2.31. The predicted molar refractivity (Wildman–Crippen MR) is 78.7 cm³/mol. The van der Waals surface area contributed by atoms with Crippen molar-refractivity contribution in [2.45, 2.75) is 20.3 Å². The highest BCUT2D eigenvalue weighted by Gasteiger charge is 2.14. The zero-order valence-corrected chi connectivity index (χ0v) is 13.1. The van der Waals surface area contributed by atoms with Crippen LogP contribution in [0.25, 0.3) is 0 Å². The second-order valence-corrected chi connectivity index (χ2v) is 4.39. The maximum Gasteiger partial charge on any atom is 0.307 e. The van der Waals surface area contributed by atoms with E-state index in [0.717, 1.165) is 5.69 Å². The van der Waals surface area contributed by atoms with Crippen LogP contribution in [0.3, 0.4) is 0 Å². The van der Waals surface area contributed by atoms with Crippen LogP contribution in [0.2, 0.25) is 0 Å². The van der Waals surface area contributed by atoms with Crippen molar-refractivity contribution in [1.82, 2.24) is 9.97 Å². The third kappa shape index (κ3) is 5.95. The van der Waals surface area contributed by atoms with Gasteiger partial charge in [-0.25, -0.2) is 4.98 Å². The molecule has 1 aromatic rings. The Kier molecular flexibility index (Phi) is 7.45.